The molecule has 4 aromatic rings. The van der Waals surface area contributed by atoms with E-state index in [2.05, 4.69) is 39.8 Å². The number of nitrogens with one attached hydrogen (secondary N) is 2. The second-order valence-corrected chi connectivity index (χ2v) is 7.05. The van der Waals surface area contributed by atoms with E-state index >= 15 is 0 Å². The number of benzene rings is 3. The van der Waals surface area contributed by atoms with Crippen LogP contribution in [0, 0.1) is 6.92 Å². The van der Waals surface area contributed by atoms with E-state index in [1.54, 1.807) is 12.3 Å². The van der Waals surface area contributed by atoms with Gasteiger partial charge in [0.2, 0.25) is 0 Å². The Morgan fingerprint density at radius 2 is 1.77 bits per heavy atom. The summed E-state index contributed by atoms with van der Waals surface area (Å²) in [6.07, 6.45) is 1.59. The molecular formula is C25H22N4O2. The highest BCUT2D eigenvalue weighted by molar-refractivity contribution is 5.94. The maximum atomic E-state index is 12.4. The first-order chi connectivity index (χ1) is 15.2. The van der Waals surface area contributed by atoms with Crippen molar-refractivity contribution >= 4 is 12.1 Å². The zero-order chi connectivity index (χ0) is 21.5. The molecule has 0 aliphatic carbocycles. The fourth-order valence-corrected chi connectivity index (χ4v) is 2.99. The molecule has 0 saturated carbocycles. The summed E-state index contributed by atoms with van der Waals surface area (Å²) in [5, 5.41) is 11.0. The molecule has 0 radical (unpaired) electrons. The molecule has 154 valence electrons. The zero-order valence-electron chi connectivity index (χ0n) is 17.1. The number of para-hydroxylation sites is 1. The van der Waals surface area contributed by atoms with Crippen LogP contribution in [0.25, 0.3) is 11.3 Å². The summed E-state index contributed by atoms with van der Waals surface area (Å²) in [6.45, 7) is 2.50. The number of ether oxygens (including phenoxy) is 1. The van der Waals surface area contributed by atoms with Crippen LogP contribution in [0.3, 0.4) is 0 Å². The maximum Gasteiger partial charge on any atom is 0.289 e. The van der Waals surface area contributed by atoms with Crippen molar-refractivity contribution in [2.45, 2.75) is 13.5 Å². The van der Waals surface area contributed by atoms with Gasteiger partial charge in [-0.25, -0.2) is 5.43 Å². The molecule has 3 aromatic carbocycles. The predicted octanol–water partition coefficient (Wildman–Crippen LogP) is 4.73. The average molecular weight is 410 g/mol. The van der Waals surface area contributed by atoms with Gasteiger partial charge in [0.15, 0.2) is 0 Å². The Morgan fingerprint density at radius 3 is 2.58 bits per heavy atom. The van der Waals surface area contributed by atoms with Crippen LogP contribution in [0.4, 0.5) is 0 Å². The number of aryl methyl sites for hydroxylation is 1. The number of carbonyl (C=O) groups excluding carboxylic acids is 1. The Kier molecular flexibility index (Phi) is 6.18. The number of hydrazone groups is 1. The van der Waals surface area contributed by atoms with Crippen LogP contribution >= 0.6 is 0 Å². The van der Waals surface area contributed by atoms with Crippen LogP contribution in [0.5, 0.6) is 5.75 Å². The first-order valence-corrected chi connectivity index (χ1v) is 9.90. The first kappa shape index (κ1) is 20.1. The van der Waals surface area contributed by atoms with Gasteiger partial charge in [0.05, 0.1) is 11.9 Å². The van der Waals surface area contributed by atoms with Gasteiger partial charge in [-0.3, -0.25) is 9.89 Å². The monoisotopic (exact) mass is 410 g/mol. The van der Waals surface area contributed by atoms with E-state index in [-0.39, 0.29) is 5.91 Å². The molecule has 2 N–H and O–H groups in total. The standard InChI is InChI=1S/C25H22N4O2/c1-18-11-13-20(14-12-18)17-31-24-10-6-5-9-21(24)22-15-23(28-27-22)25(30)29-26-16-19-7-3-2-4-8-19/h2-16H,17H2,1H3,(H,27,28)(H,29,30)/b26-16-. The number of rotatable bonds is 7. The van der Waals surface area contributed by atoms with Gasteiger partial charge in [0, 0.05) is 5.56 Å². The van der Waals surface area contributed by atoms with Gasteiger partial charge in [-0.05, 0) is 36.2 Å². The van der Waals surface area contributed by atoms with Crippen molar-refractivity contribution in [2.24, 2.45) is 5.10 Å². The van der Waals surface area contributed by atoms with Gasteiger partial charge in [-0.1, -0.05) is 72.3 Å². The molecule has 0 saturated heterocycles. The normalized spacial score (nSPS) is 10.9. The number of hydrogen-bond donors (Lipinski definition) is 2. The van der Waals surface area contributed by atoms with E-state index in [9.17, 15) is 4.79 Å². The lowest BCUT2D eigenvalue weighted by atomic mass is 10.1. The second-order valence-electron chi connectivity index (χ2n) is 7.05. The molecule has 4 rings (SSSR count). The Labute approximate surface area is 180 Å². The molecule has 6 heteroatoms. The van der Waals surface area contributed by atoms with E-state index in [0.717, 1.165) is 16.7 Å². The summed E-state index contributed by atoms with van der Waals surface area (Å²) < 4.78 is 6.02. The highest BCUT2D eigenvalue weighted by atomic mass is 16.5. The van der Waals surface area contributed by atoms with E-state index in [4.69, 9.17) is 4.74 Å². The number of aromatic nitrogens is 2. The van der Waals surface area contributed by atoms with Gasteiger partial charge < -0.3 is 4.74 Å². The third-order valence-electron chi connectivity index (χ3n) is 4.68. The topological polar surface area (TPSA) is 79.4 Å². The average Bonchev–Trinajstić information content (AvgIpc) is 3.30. The Morgan fingerprint density at radius 1 is 1.03 bits per heavy atom. The summed E-state index contributed by atoms with van der Waals surface area (Å²) in [4.78, 5) is 12.4. The minimum Gasteiger partial charge on any atom is -0.488 e. The van der Waals surface area contributed by atoms with E-state index in [1.165, 1.54) is 5.56 Å². The van der Waals surface area contributed by atoms with Gasteiger partial charge in [-0.2, -0.15) is 10.2 Å². The second kappa shape index (κ2) is 9.54. The molecule has 0 spiro atoms. The highest BCUT2D eigenvalue weighted by Gasteiger charge is 2.13. The number of H-pyrrole nitrogens is 1. The lowest BCUT2D eigenvalue weighted by Crippen LogP contribution is -2.17. The summed E-state index contributed by atoms with van der Waals surface area (Å²) in [5.41, 5.74) is 7.43. The van der Waals surface area contributed by atoms with Crippen molar-refractivity contribution in [1.82, 2.24) is 15.6 Å². The molecule has 1 aromatic heterocycles. The quantitative estimate of drug-likeness (QED) is 0.342. The lowest BCUT2D eigenvalue weighted by Gasteiger charge is -2.10. The molecule has 0 atom stereocenters. The van der Waals surface area contributed by atoms with Crippen molar-refractivity contribution in [3.8, 4) is 17.0 Å². The minimum absolute atomic E-state index is 0.313. The fraction of sp³-hybridized carbons (Fsp3) is 0.0800. The third-order valence-corrected chi connectivity index (χ3v) is 4.68. The maximum absolute atomic E-state index is 12.4. The van der Waals surface area contributed by atoms with Crippen LogP contribution in [-0.4, -0.2) is 22.3 Å². The molecule has 0 aliphatic rings. The van der Waals surface area contributed by atoms with Gasteiger partial charge in [0.25, 0.3) is 5.91 Å². The van der Waals surface area contributed by atoms with Crippen molar-refractivity contribution in [3.05, 3.63) is 107 Å². The summed E-state index contributed by atoms with van der Waals surface area (Å²) >= 11 is 0. The van der Waals surface area contributed by atoms with Crippen LogP contribution in [-0.2, 0) is 6.61 Å². The lowest BCUT2D eigenvalue weighted by molar-refractivity contribution is 0.0950. The molecule has 0 unspecified atom stereocenters. The van der Waals surface area contributed by atoms with Crippen molar-refractivity contribution in [2.75, 3.05) is 0 Å². The van der Waals surface area contributed by atoms with Crippen LogP contribution in [0.1, 0.15) is 27.2 Å². The molecular weight excluding hydrogens is 388 g/mol. The molecule has 31 heavy (non-hydrogen) atoms. The summed E-state index contributed by atoms with van der Waals surface area (Å²) in [5.74, 6) is 0.326. The molecule has 6 nitrogen and oxygen atoms in total. The van der Waals surface area contributed by atoms with E-state index < -0.39 is 0 Å². The predicted molar refractivity (Wildman–Crippen MR) is 121 cm³/mol. The first-order valence-electron chi connectivity index (χ1n) is 9.90. The SMILES string of the molecule is Cc1ccc(COc2ccccc2-c2cc(C(=O)N/N=C\c3ccccc3)[nH]n2)cc1. The number of aromatic amines is 1. The van der Waals surface area contributed by atoms with E-state index in [0.29, 0.717) is 23.7 Å². The third kappa shape index (κ3) is 5.25. The van der Waals surface area contributed by atoms with E-state index in [1.807, 2.05) is 66.7 Å². The number of hydrogen-bond acceptors (Lipinski definition) is 4. The highest BCUT2D eigenvalue weighted by Crippen LogP contribution is 2.29. The van der Waals surface area contributed by atoms with Crippen LogP contribution < -0.4 is 10.2 Å². The zero-order valence-corrected chi connectivity index (χ0v) is 17.1. The van der Waals surface area contributed by atoms with Crippen LogP contribution in [0.15, 0.2) is 90.0 Å². The van der Waals surface area contributed by atoms with Gasteiger partial charge in [-0.15, -0.1) is 0 Å². The number of nitrogens with zero attached hydrogens (tertiary/aromatic N) is 2. The van der Waals surface area contributed by atoms with Crippen molar-refractivity contribution < 1.29 is 9.53 Å². The Hall–Kier alpha value is -4.19. The molecule has 0 fully saturated rings. The molecule has 0 bridgehead atoms. The number of amides is 1. The molecule has 1 amide bonds. The molecule has 0 aliphatic heterocycles. The summed E-state index contributed by atoms with van der Waals surface area (Å²) in [6, 6.07) is 27.0. The van der Waals surface area contributed by atoms with Crippen LogP contribution in [0.2, 0.25) is 0 Å². The Balaban J connectivity index is 1.44. The Bertz CT molecular complexity index is 1180. The van der Waals surface area contributed by atoms with Crippen molar-refractivity contribution in [3.63, 3.8) is 0 Å². The van der Waals surface area contributed by atoms with Crippen molar-refractivity contribution in [1.29, 1.82) is 0 Å². The van der Waals surface area contributed by atoms with Gasteiger partial charge in [0.1, 0.15) is 18.1 Å². The van der Waals surface area contributed by atoms with Gasteiger partial charge >= 0.3 is 0 Å². The molecule has 1 heterocycles. The summed E-state index contributed by atoms with van der Waals surface area (Å²) in [7, 11) is 0. The number of carbonyl (C=O) groups is 1. The minimum atomic E-state index is -0.371. The largest absolute Gasteiger partial charge is 0.488 e. The fourth-order valence-electron chi connectivity index (χ4n) is 2.99. The smallest absolute Gasteiger partial charge is 0.289 e.